The van der Waals surface area contributed by atoms with Gasteiger partial charge in [-0.2, -0.15) is 0 Å². The Balaban J connectivity index is 1.77. The number of furan rings is 1. The van der Waals surface area contributed by atoms with Gasteiger partial charge in [-0.15, -0.1) is 0 Å². The Morgan fingerprint density at radius 1 is 1.25 bits per heavy atom. The van der Waals surface area contributed by atoms with Crippen molar-refractivity contribution in [2.75, 3.05) is 13.7 Å². The van der Waals surface area contributed by atoms with Crippen molar-refractivity contribution in [1.29, 1.82) is 0 Å². The van der Waals surface area contributed by atoms with Gasteiger partial charge in [0.2, 0.25) is 5.76 Å². The molecule has 1 aromatic heterocycles. The lowest BCUT2D eigenvalue weighted by Gasteiger charge is -2.24. The van der Waals surface area contributed by atoms with E-state index < -0.39 is 5.97 Å². The standard InChI is InChI=1S/C18H19NO5/c1-23-14-7-3-2-5-12(14)11-13-6-4-10-19(13)17(20)15-8-9-16(24-15)18(21)22/h2-3,5,7-9,13H,4,6,10-11H2,1H3,(H,21,22)/t13-/m1/s1. The van der Waals surface area contributed by atoms with Gasteiger partial charge in [-0.25, -0.2) is 4.79 Å². The number of hydrogen-bond acceptors (Lipinski definition) is 4. The van der Waals surface area contributed by atoms with Gasteiger partial charge >= 0.3 is 5.97 Å². The summed E-state index contributed by atoms with van der Waals surface area (Å²) in [5, 5.41) is 8.92. The van der Waals surface area contributed by atoms with Gasteiger partial charge in [0.15, 0.2) is 5.76 Å². The predicted octanol–water partition coefficient (Wildman–Crippen LogP) is 2.83. The molecule has 1 fully saturated rings. The molecule has 0 radical (unpaired) electrons. The Morgan fingerprint density at radius 3 is 2.71 bits per heavy atom. The van der Waals surface area contributed by atoms with E-state index in [1.54, 1.807) is 12.0 Å². The van der Waals surface area contributed by atoms with Crippen LogP contribution in [0.3, 0.4) is 0 Å². The highest BCUT2D eigenvalue weighted by atomic mass is 16.5. The number of rotatable bonds is 5. The van der Waals surface area contributed by atoms with Gasteiger partial charge in [0.05, 0.1) is 7.11 Å². The first kappa shape index (κ1) is 16.1. The maximum absolute atomic E-state index is 12.6. The molecule has 0 spiro atoms. The Morgan fingerprint density at radius 2 is 2.00 bits per heavy atom. The first-order valence-electron chi connectivity index (χ1n) is 7.86. The third kappa shape index (κ3) is 3.13. The second-order valence-corrected chi connectivity index (χ2v) is 5.78. The first-order chi connectivity index (χ1) is 11.6. The Bertz CT molecular complexity index is 751. The van der Waals surface area contributed by atoms with Crippen molar-refractivity contribution >= 4 is 11.9 Å². The van der Waals surface area contributed by atoms with Crippen LogP contribution in [0.2, 0.25) is 0 Å². The summed E-state index contributed by atoms with van der Waals surface area (Å²) < 4.78 is 10.5. The van der Waals surface area contributed by atoms with E-state index >= 15 is 0 Å². The van der Waals surface area contributed by atoms with Crippen molar-refractivity contribution in [2.45, 2.75) is 25.3 Å². The third-order valence-electron chi connectivity index (χ3n) is 4.31. The summed E-state index contributed by atoms with van der Waals surface area (Å²) in [5.41, 5.74) is 1.05. The molecular formula is C18H19NO5. The lowest BCUT2D eigenvalue weighted by Crippen LogP contribution is -2.36. The summed E-state index contributed by atoms with van der Waals surface area (Å²) in [6, 6.07) is 10.5. The van der Waals surface area contributed by atoms with E-state index in [0.29, 0.717) is 13.0 Å². The summed E-state index contributed by atoms with van der Waals surface area (Å²) in [4.78, 5) is 25.3. The van der Waals surface area contributed by atoms with Gasteiger partial charge in [0.1, 0.15) is 5.75 Å². The second kappa shape index (κ2) is 6.78. The average molecular weight is 329 g/mol. The lowest BCUT2D eigenvalue weighted by atomic mass is 10.0. The van der Waals surface area contributed by atoms with E-state index in [0.717, 1.165) is 24.2 Å². The SMILES string of the molecule is COc1ccccc1C[C@H]1CCCN1C(=O)c1ccc(C(=O)O)o1. The summed E-state index contributed by atoms with van der Waals surface area (Å²) in [6.07, 6.45) is 2.51. The van der Waals surface area contributed by atoms with Crippen molar-refractivity contribution in [3.63, 3.8) is 0 Å². The minimum Gasteiger partial charge on any atom is -0.496 e. The lowest BCUT2D eigenvalue weighted by molar-refractivity contribution is 0.0646. The maximum Gasteiger partial charge on any atom is 0.371 e. The van der Waals surface area contributed by atoms with Gasteiger partial charge in [-0.1, -0.05) is 18.2 Å². The van der Waals surface area contributed by atoms with E-state index in [-0.39, 0.29) is 23.5 Å². The Kier molecular flexibility index (Phi) is 4.55. The number of nitrogens with zero attached hydrogens (tertiary/aromatic N) is 1. The molecule has 1 aromatic carbocycles. The summed E-state index contributed by atoms with van der Waals surface area (Å²) in [7, 11) is 1.63. The molecule has 2 heterocycles. The zero-order valence-electron chi connectivity index (χ0n) is 13.4. The van der Waals surface area contributed by atoms with Gasteiger partial charge in [0, 0.05) is 12.6 Å². The van der Waals surface area contributed by atoms with Crippen LogP contribution in [0.5, 0.6) is 5.75 Å². The maximum atomic E-state index is 12.6. The van der Waals surface area contributed by atoms with Crippen LogP contribution in [0.15, 0.2) is 40.8 Å². The van der Waals surface area contributed by atoms with Gasteiger partial charge in [0.25, 0.3) is 5.91 Å². The van der Waals surface area contributed by atoms with Crippen molar-refractivity contribution in [3.8, 4) is 5.75 Å². The molecule has 2 aromatic rings. The fourth-order valence-corrected chi connectivity index (χ4v) is 3.15. The van der Waals surface area contributed by atoms with Crippen LogP contribution in [-0.4, -0.2) is 41.6 Å². The number of carboxylic acids is 1. The minimum absolute atomic E-state index is 0.0483. The molecule has 1 saturated heterocycles. The van der Waals surface area contributed by atoms with Crippen molar-refractivity contribution < 1.29 is 23.8 Å². The summed E-state index contributed by atoms with van der Waals surface area (Å²) >= 11 is 0. The zero-order valence-corrected chi connectivity index (χ0v) is 13.4. The molecule has 1 N–H and O–H groups in total. The van der Waals surface area contributed by atoms with E-state index in [9.17, 15) is 9.59 Å². The Labute approximate surface area is 139 Å². The fourth-order valence-electron chi connectivity index (χ4n) is 3.15. The molecule has 1 atom stereocenters. The quantitative estimate of drug-likeness (QED) is 0.912. The molecular weight excluding hydrogens is 310 g/mol. The average Bonchev–Trinajstić information content (AvgIpc) is 3.24. The number of likely N-dealkylation sites (tertiary alicyclic amines) is 1. The number of carboxylic acid groups (broad SMARTS) is 1. The molecule has 0 aliphatic carbocycles. The van der Waals surface area contributed by atoms with E-state index in [2.05, 4.69) is 0 Å². The van der Waals surface area contributed by atoms with Crippen LogP contribution < -0.4 is 4.74 Å². The number of ether oxygens (including phenoxy) is 1. The molecule has 6 nitrogen and oxygen atoms in total. The highest BCUT2D eigenvalue weighted by Gasteiger charge is 2.32. The van der Waals surface area contributed by atoms with Crippen LogP contribution in [0.4, 0.5) is 0 Å². The molecule has 1 aliphatic heterocycles. The zero-order chi connectivity index (χ0) is 17.1. The predicted molar refractivity (Wildman–Crippen MR) is 86.4 cm³/mol. The topological polar surface area (TPSA) is 80.0 Å². The van der Waals surface area contributed by atoms with E-state index in [1.807, 2.05) is 24.3 Å². The van der Waals surface area contributed by atoms with Crippen molar-refractivity contribution in [2.24, 2.45) is 0 Å². The van der Waals surface area contributed by atoms with E-state index in [1.165, 1.54) is 12.1 Å². The normalized spacial score (nSPS) is 17.0. The molecule has 126 valence electrons. The molecule has 3 rings (SSSR count). The highest BCUT2D eigenvalue weighted by molar-refractivity contribution is 5.93. The molecule has 6 heteroatoms. The van der Waals surface area contributed by atoms with Crippen LogP contribution in [0, 0.1) is 0 Å². The summed E-state index contributed by atoms with van der Waals surface area (Å²) in [6.45, 7) is 0.641. The van der Waals surface area contributed by atoms with Crippen LogP contribution in [-0.2, 0) is 6.42 Å². The number of benzene rings is 1. The summed E-state index contributed by atoms with van der Waals surface area (Å²) in [5.74, 6) is -0.790. The smallest absolute Gasteiger partial charge is 0.371 e. The van der Waals surface area contributed by atoms with Gasteiger partial charge in [-0.05, 0) is 43.0 Å². The second-order valence-electron chi connectivity index (χ2n) is 5.78. The van der Waals surface area contributed by atoms with Crippen molar-refractivity contribution in [3.05, 3.63) is 53.5 Å². The van der Waals surface area contributed by atoms with Crippen LogP contribution in [0.1, 0.15) is 39.5 Å². The third-order valence-corrected chi connectivity index (χ3v) is 4.31. The van der Waals surface area contributed by atoms with Crippen LogP contribution in [0.25, 0.3) is 0 Å². The minimum atomic E-state index is -1.18. The number of methoxy groups -OCH3 is 1. The van der Waals surface area contributed by atoms with Gasteiger partial charge < -0.3 is 19.2 Å². The number of carbonyl (C=O) groups excluding carboxylic acids is 1. The number of carbonyl (C=O) groups is 2. The number of aromatic carboxylic acids is 1. The van der Waals surface area contributed by atoms with E-state index in [4.69, 9.17) is 14.3 Å². The molecule has 24 heavy (non-hydrogen) atoms. The fraction of sp³-hybridized carbons (Fsp3) is 0.333. The van der Waals surface area contributed by atoms with Crippen LogP contribution >= 0.6 is 0 Å². The highest BCUT2D eigenvalue weighted by Crippen LogP contribution is 2.27. The largest absolute Gasteiger partial charge is 0.496 e. The number of hydrogen-bond donors (Lipinski definition) is 1. The monoisotopic (exact) mass is 329 g/mol. The number of amides is 1. The molecule has 0 saturated carbocycles. The van der Waals surface area contributed by atoms with Gasteiger partial charge in [-0.3, -0.25) is 4.79 Å². The number of para-hydroxylation sites is 1. The molecule has 0 unspecified atom stereocenters. The molecule has 1 aliphatic rings. The molecule has 0 bridgehead atoms. The van der Waals surface area contributed by atoms with Crippen molar-refractivity contribution in [1.82, 2.24) is 4.90 Å². The molecule has 1 amide bonds. The Hall–Kier alpha value is -2.76. The first-order valence-corrected chi connectivity index (χ1v) is 7.86.